The number of aromatic carboxylic acids is 2. The Labute approximate surface area is 207 Å². The van der Waals surface area contributed by atoms with Crippen molar-refractivity contribution in [3.8, 4) is 0 Å². The van der Waals surface area contributed by atoms with Gasteiger partial charge in [-0.05, 0) is 37.1 Å². The molecular formula is C24H28O8Ti. The van der Waals surface area contributed by atoms with Gasteiger partial charge < -0.3 is 19.7 Å². The Hall–Kier alpha value is -2.97. The van der Waals surface area contributed by atoms with Gasteiger partial charge in [0.05, 0.1) is 35.5 Å². The van der Waals surface area contributed by atoms with Gasteiger partial charge in [-0.1, -0.05) is 51.0 Å². The SMILES string of the molecule is CCCCOC(=O)c1ccccc1C(=O)O.CCCCOC(=O)c1ccccc1C(=O)O.[Ti]. The standard InChI is InChI=1S/2C12H14O4.Ti/c2*1-2-3-8-16-12(15)10-7-5-4-6-9(10)11(13)14;/h2*4-7H,2-3,8H2,1H3,(H,13,14);. The van der Waals surface area contributed by atoms with Crippen LogP contribution in [0.15, 0.2) is 48.5 Å². The number of hydrogen-bond acceptors (Lipinski definition) is 6. The number of carboxylic acid groups (broad SMARTS) is 2. The Bertz CT molecular complexity index is 851. The molecule has 0 radical (unpaired) electrons. The second-order valence-electron chi connectivity index (χ2n) is 6.68. The molecule has 0 fully saturated rings. The van der Waals surface area contributed by atoms with Crippen molar-refractivity contribution < 1.29 is 60.6 Å². The molecule has 0 saturated heterocycles. The van der Waals surface area contributed by atoms with E-state index in [1.165, 1.54) is 24.3 Å². The summed E-state index contributed by atoms with van der Waals surface area (Å²) >= 11 is 0. The van der Waals surface area contributed by atoms with Crippen LogP contribution in [0, 0.1) is 0 Å². The molecule has 2 rings (SSSR count). The molecule has 176 valence electrons. The molecule has 8 nitrogen and oxygen atoms in total. The van der Waals surface area contributed by atoms with Crippen LogP contribution in [0.25, 0.3) is 0 Å². The van der Waals surface area contributed by atoms with Gasteiger partial charge in [0.2, 0.25) is 0 Å². The minimum absolute atomic E-state index is 0. The average Bonchev–Trinajstić information content (AvgIpc) is 2.79. The molecule has 2 N–H and O–H groups in total. The molecular weight excluding hydrogens is 464 g/mol. The molecule has 0 bridgehead atoms. The van der Waals surface area contributed by atoms with E-state index in [2.05, 4.69) is 0 Å². The molecule has 0 unspecified atom stereocenters. The summed E-state index contributed by atoms with van der Waals surface area (Å²) < 4.78 is 9.91. The molecule has 2 aromatic rings. The third-order valence-electron chi connectivity index (χ3n) is 4.22. The van der Waals surface area contributed by atoms with E-state index in [-0.39, 0.29) is 44.0 Å². The maximum atomic E-state index is 11.6. The van der Waals surface area contributed by atoms with E-state index < -0.39 is 23.9 Å². The van der Waals surface area contributed by atoms with E-state index in [0.29, 0.717) is 13.2 Å². The monoisotopic (exact) mass is 492 g/mol. The third-order valence-corrected chi connectivity index (χ3v) is 4.22. The van der Waals surface area contributed by atoms with Crippen LogP contribution in [-0.2, 0) is 31.2 Å². The van der Waals surface area contributed by atoms with Gasteiger partial charge >= 0.3 is 23.9 Å². The zero-order valence-corrected chi connectivity index (χ0v) is 20.3. The fraction of sp³-hybridized carbons (Fsp3) is 0.333. The molecule has 0 aliphatic rings. The summed E-state index contributed by atoms with van der Waals surface area (Å²) in [6, 6.07) is 12.1. The number of unbranched alkanes of at least 4 members (excludes halogenated alkanes) is 2. The van der Waals surface area contributed by atoms with Gasteiger partial charge in [0, 0.05) is 21.7 Å². The van der Waals surface area contributed by atoms with Gasteiger partial charge in [-0.2, -0.15) is 0 Å². The number of carboxylic acids is 2. The molecule has 2 aromatic carbocycles. The first kappa shape index (κ1) is 30.0. The minimum Gasteiger partial charge on any atom is -0.478 e. The van der Waals surface area contributed by atoms with Crippen molar-refractivity contribution in [2.75, 3.05) is 13.2 Å². The third kappa shape index (κ3) is 10.5. The molecule has 9 heteroatoms. The van der Waals surface area contributed by atoms with Crippen LogP contribution >= 0.6 is 0 Å². The largest absolute Gasteiger partial charge is 0.478 e. The Morgan fingerprint density at radius 3 is 1.21 bits per heavy atom. The fourth-order valence-corrected chi connectivity index (χ4v) is 2.47. The topological polar surface area (TPSA) is 127 Å². The van der Waals surface area contributed by atoms with E-state index in [9.17, 15) is 19.2 Å². The van der Waals surface area contributed by atoms with Gasteiger partial charge in [0.15, 0.2) is 0 Å². The number of ether oxygens (including phenoxy) is 2. The predicted octanol–water partition coefficient (Wildman–Crippen LogP) is 4.68. The fourth-order valence-electron chi connectivity index (χ4n) is 2.47. The average molecular weight is 492 g/mol. The summed E-state index contributed by atoms with van der Waals surface area (Å²) in [7, 11) is 0. The second-order valence-corrected chi connectivity index (χ2v) is 6.68. The van der Waals surface area contributed by atoms with Crippen molar-refractivity contribution in [1.82, 2.24) is 0 Å². The molecule has 0 aliphatic carbocycles. The van der Waals surface area contributed by atoms with Crippen LogP contribution in [-0.4, -0.2) is 47.3 Å². The first-order valence-electron chi connectivity index (χ1n) is 10.3. The smallest absolute Gasteiger partial charge is 0.339 e. The second kappa shape index (κ2) is 16.6. The summed E-state index contributed by atoms with van der Waals surface area (Å²) in [5, 5.41) is 17.8. The molecule has 0 saturated carbocycles. The minimum atomic E-state index is -1.12. The first-order valence-corrected chi connectivity index (χ1v) is 10.3. The molecule has 0 spiro atoms. The van der Waals surface area contributed by atoms with Crippen LogP contribution in [0.3, 0.4) is 0 Å². The summed E-state index contributed by atoms with van der Waals surface area (Å²) in [5.74, 6) is -3.40. The molecule has 0 amide bonds. The Morgan fingerprint density at radius 2 is 0.939 bits per heavy atom. The Morgan fingerprint density at radius 1 is 0.636 bits per heavy atom. The van der Waals surface area contributed by atoms with E-state index in [1.54, 1.807) is 24.3 Å². The zero-order chi connectivity index (χ0) is 23.9. The van der Waals surface area contributed by atoms with Gasteiger partial charge in [-0.15, -0.1) is 0 Å². The molecule has 0 aliphatic heterocycles. The van der Waals surface area contributed by atoms with Crippen LogP contribution in [0.1, 0.15) is 81.0 Å². The molecule has 0 heterocycles. The van der Waals surface area contributed by atoms with Crippen LogP contribution in [0.2, 0.25) is 0 Å². The maximum absolute atomic E-state index is 11.6. The number of benzene rings is 2. The number of carbonyl (C=O) groups excluding carboxylic acids is 2. The summed E-state index contributed by atoms with van der Waals surface area (Å²) in [6.07, 6.45) is 3.41. The van der Waals surface area contributed by atoms with E-state index >= 15 is 0 Å². The molecule has 0 atom stereocenters. The van der Waals surface area contributed by atoms with E-state index in [4.69, 9.17) is 19.7 Å². The van der Waals surface area contributed by atoms with E-state index in [1.807, 2.05) is 13.8 Å². The van der Waals surface area contributed by atoms with Crippen LogP contribution in [0.5, 0.6) is 0 Å². The van der Waals surface area contributed by atoms with Gasteiger partial charge in [0.1, 0.15) is 0 Å². The number of carbonyl (C=O) groups is 4. The van der Waals surface area contributed by atoms with Crippen molar-refractivity contribution in [2.24, 2.45) is 0 Å². The number of hydrogen-bond donors (Lipinski definition) is 2. The number of rotatable bonds is 10. The van der Waals surface area contributed by atoms with Crippen molar-refractivity contribution >= 4 is 23.9 Å². The quantitative estimate of drug-likeness (QED) is 0.278. The van der Waals surface area contributed by atoms with Crippen molar-refractivity contribution in [3.63, 3.8) is 0 Å². The molecule has 0 aromatic heterocycles. The van der Waals surface area contributed by atoms with Crippen LogP contribution < -0.4 is 0 Å². The first-order chi connectivity index (χ1) is 15.3. The summed E-state index contributed by atoms with van der Waals surface area (Å²) in [5.41, 5.74) is 0.158. The summed E-state index contributed by atoms with van der Waals surface area (Å²) in [6.45, 7) is 4.62. The molecule has 33 heavy (non-hydrogen) atoms. The van der Waals surface area contributed by atoms with E-state index in [0.717, 1.165) is 25.7 Å². The zero-order valence-electron chi connectivity index (χ0n) is 18.7. The Balaban J connectivity index is 0.000000602. The van der Waals surface area contributed by atoms with Gasteiger partial charge in [-0.25, -0.2) is 19.2 Å². The van der Waals surface area contributed by atoms with Crippen molar-refractivity contribution in [1.29, 1.82) is 0 Å². The van der Waals surface area contributed by atoms with Gasteiger partial charge in [-0.3, -0.25) is 0 Å². The summed E-state index contributed by atoms with van der Waals surface area (Å²) in [4.78, 5) is 44.8. The maximum Gasteiger partial charge on any atom is 0.339 e. The Kier molecular flexibility index (Phi) is 15.1. The van der Waals surface area contributed by atoms with Gasteiger partial charge in [0.25, 0.3) is 0 Å². The van der Waals surface area contributed by atoms with Crippen LogP contribution in [0.4, 0.5) is 0 Å². The normalized spacial score (nSPS) is 9.52. The van der Waals surface area contributed by atoms with Crippen molar-refractivity contribution in [3.05, 3.63) is 70.8 Å². The predicted molar refractivity (Wildman–Crippen MR) is 117 cm³/mol. The van der Waals surface area contributed by atoms with Crippen molar-refractivity contribution in [2.45, 2.75) is 39.5 Å². The number of esters is 2.